The Bertz CT molecular complexity index is 423. The van der Waals surface area contributed by atoms with Crippen LogP contribution in [-0.2, 0) is 4.79 Å². The van der Waals surface area contributed by atoms with Gasteiger partial charge in [0.15, 0.2) is 11.6 Å². The fourth-order valence-electron chi connectivity index (χ4n) is 1.81. The molecule has 0 spiro atoms. The minimum atomic E-state index is -0.973. The largest absolute Gasteiger partial charge is 0.491 e. The first kappa shape index (κ1) is 14.4. The molecule has 0 saturated heterocycles. The molecular weight excluding hydrogens is 237 g/mol. The molecule has 1 rings (SSSR count). The van der Waals surface area contributed by atoms with Crippen molar-refractivity contribution >= 4 is 5.97 Å². The van der Waals surface area contributed by atoms with Crippen molar-refractivity contribution < 1.29 is 19.0 Å². The molecule has 0 fully saturated rings. The average Bonchev–Trinajstić information content (AvgIpc) is 2.32. The molecule has 1 aromatic rings. The van der Waals surface area contributed by atoms with Crippen LogP contribution in [0.1, 0.15) is 31.9 Å². The maximum atomic E-state index is 13.6. The van der Waals surface area contributed by atoms with Gasteiger partial charge in [0.05, 0.1) is 12.5 Å². The van der Waals surface area contributed by atoms with E-state index in [-0.39, 0.29) is 5.75 Å². The highest BCUT2D eigenvalue weighted by Gasteiger charge is 2.25. The molecule has 0 amide bonds. The molecule has 1 aromatic carbocycles. The molecule has 100 valence electrons. The van der Waals surface area contributed by atoms with E-state index in [0.29, 0.717) is 18.6 Å². The van der Waals surface area contributed by atoms with Gasteiger partial charge in [-0.15, -0.1) is 0 Å². The van der Waals surface area contributed by atoms with Crippen molar-refractivity contribution in [3.05, 3.63) is 29.6 Å². The van der Waals surface area contributed by atoms with E-state index >= 15 is 0 Å². The summed E-state index contributed by atoms with van der Waals surface area (Å²) in [5.41, 5.74) is 6.32. The Morgan fingerprint density at radius 3 is 2.61 bits per heavy atom. The van der Waals surface area contributed by atoms with Gasteiger partial charge in [0.1, 0.15) is 0 Å². The first-order valence-electron chi connectivity index (χ1n) is 5.91. The monoisotopic (exact) mass is 255 g/mol. The standard InChI is InChI=1S/C13H18FNO3/c1-3-9(13(16)17)12(15)8-5-6-11(18-4-2)10(14)7-8/h5-7,9,12H,3-4,15H2,1-2H3,(H,16,17). The molecular formula is C13H18FNO3. The molecule has 0 aromatic heterocycles. The predicted octanol–water partition coefficient (Wildman–Crippen LogP) is 2.33. The van der Waals surface area contributed by atoms with Gasteiger partial charge >= 0.3 is 5.97 Å². The molecule has 3 N–H and O–H groups in total. The topological polar surface area (TPSA) is 72.5 Å². The Morgan fingerprint density at radius 1 is 1.50 bits per heavy atom. The Hall–Kier alpha value is -1.62. The number of carboxylic acid groups (broad SMARTS) is 1. The number of nitrogens with two attached hydrogens (primary N) is 1. The molecule has 0 saturated carbocycles. The molecule has 0 radical (unpaired) electrons. The minimum Gasteiger partial charge on any atom is -0.491 e. The highest BCUT2D eigenvalue weighted by atomic mass is 19.1. The summed E-state index contributed by atoms with van der Waals surface area (Å²) in [7, 11) is 0. The Morgan fingerprint density at radius 2 is 2.17 bits per heavy atom. The van der Waals surface area contributed by atoms with Gasteiger partial charge in [-0.05, 0) is 31.0 Å². The predicted molar refractivity (Wildman–Crippen MR) is 65.9 cm³/mol. The van der Waals surface area contributed by atoms with Crippen LogP contribution in [0, 0.1) is 11.7 Å². The van der Waals surface area contributed by atoms with E-state index in [0.717, 1.165) is 0 Å². The number of aliphatic carboxylic acids is 1. The lowest BCUT2D eigenvalue weighted by Gasteiger charge is -2.19. The van der Waals surface area contributed by atoms with Crippen molar-refractivity contribution in [2.75, 3.05) is 6.61 Å². The van der Waals surface area contributed by atoms with Crippen molar-refractivity contribution in [2.24, 2.45) is 11.7 Å². The van der Waals surface area contributed by atoms with E-state index in [1.165, 1.54) is 12.1 Å². The van der Waals surface area contributed by atoms with Gasteiger partial charge in [0.2, 0.25) is 0 Å². The van der Waals surface area contributed by atoms with Gasteiger partial charge in [0, 0.05) is 6.04 Å². The second-order valence-electron chi connectivity index (χ2n) is 4.00. The minimum absolute atomic E-state index is 0.150. The summed E-state index contributed by atoms with van der Waals surface area (Å²) in [6.07, 6.45) is 0.394. The van der Waals surface area contributed by atoms with E-state index in [2.05, 4.69) is 0 Å². The zero-order chi connectivity index (χ0) is 13.7. The highest BCUT2D eigenvalue weighted by Crippen LogP contribution is 2.26. The van der Waals surface area contributed by atoms with Crippen LogP contribution in [0.15, 0.2) is 18.2 Å². The number of benzene rings is 1. The Labute approximate surface area is 106 Å². The number of hydrogen-bond donors (Lipinski definition) is 2. The number of ether oxygens (including phenoxy) is 1. The maximum absolute atomic E-state index is 13.6. The summed E-state index contributed by atoms with van der Waals surface area (Å²) in [5.74, 6) is -2.07. The fourth-order valence-corrected chi connectivity index (χ4v) is 1.81. The van der Waals surface area contributed by atoms with E-state index < -0.39 is 23.7 Å². The van der Waals surface area contributed by atoms with Crippen LogP contribution in [0.2, 0.25) is 0 Å². The van der Waals surface area contributed by atoms with Crippen molar-refractivity contribution in [3.8, 4) is 5.75 Å². The molecule has 4 nitrogen and oxygen atoms in total. The van der Waals surface area contributed by atoms with E-state index in [4.69, 9.17) is 15.6 Å². The summed E-state index contributed by atoms with van der Waals surface area (Å²) < 4.78 is 18.7. The first-order chi connectivity index (χ1) is 8.51. The molecule has 0 aliphatic heterocycles. The summed E-state index contributed by atoms with van der Waals surface area (Å²) in [6, 6.07) is 3.59. The second kappa shape index (κ2) is 6.35. The van der Waals surface area contributed by atoms with Crippen LogP contribution < -0.4 is 10.5 Å². The van der Waals surface area contributed by atoms with Gasteiger partial charge in [-0.25, -0.2) is 4.39 Å². The quantitative estimate of drug-likeness (QED) is 0.818. The molecule has 0 aliphatic carbocycles. The summed E-state index contributed by atoms with van der Waals surface area (Å²) in [5, 5.41) is 9.01. The average molecular weight is 255 g/mol. The van der Waals surface area contributed by atoms with Crippen LogP contribution >= 0.6 is 0 Å². The third-order valence-electron chi connectivity index (χ3n) is 2.83. The van der Waals surface area contributed by atoms with Crippen molar-refractivity contribution in [1.29, 1.82) is 0 Å². The molecule has 0 heterocycles. The van der Waals surface area contributed by atoms with Gasteiger partial charge in [-0.3, -0.25) is 4.79 Å². The van der Waals surface area contributed by atoms with Crippen LogP contribution in [0.4, 0.5) is 4.39 Å². The summed E-state index contributed by atoms with van der Waals surface area (Å²) >= 11 is 0. The van der Waals surface area contributed by atoms with Crippen molar-refractivity contribution in [2.45, 2.75) is 26.3 Å². The lowest BCUT2D eigenvalue weighted by atomic mass is 9.91. The normalized spacial score (nSPS) is 14.0. The number of halogens is 1. The Kier molecular flexibility index (Phi) is 5.09. The van der Waals surface area contributed by atoms with Crippen LogP contribution in [0.3, 0.4) is 0 Å². The van der Waals surface area contributed by atoms with E-state index in [1.54, 1.807) is 19.9 Å². The number of carbonyl (C=O) groups is 1. The van der Waals surface area contributed by atoms with Gasteiger partial charge in [-0.2, -0.15) is 0 Å². The first-order valence-corrected chi connectivity index (χ1v) is 5.91. The van der Waals surface area contributed by atoms with Gasteiger partial charge in [-0.1, -0.05) is 13.0 Å². The van der Waals surface area contributed by atoms with E-state index in [1.807, 2.05) is 0 Å². The highest BCUT2D eigenvalue weighted by molar-refractivity contribution is 5.71. The molecule has 18 heavy (non-hydrogen) atoms. The number of carboxylic acids is 1. The second-order valence-corrected chi connectivity index (χ2v) is 4.00. The van der Waals surface area contributed by atoms with Crippen molar-refractivity contribution in [3.63, 3.8) is 0 Å². The van der Waals surface area contributed by atoms with E-state index in [9.17, 15) is 9.18 Å². The van der Waals surface area contributed by atoms with Crippen molar-refractivity contribution in [1.82, 2.24) is 0 Å². The summed E-state index contributed by atoms with van der Waals surface area (Å²) in [6.45, 7) is 3.87. The number of hydrogen-bond acceptors (Lipinski definition) is 3. The van der Waals surface area contributed by atoms with Crippen LogP contribution in [0.5, 0.6) is 5.75 Å². The third-order valence-corrected chi connectivity index (χ3v) is 2.83. The molecule has 2 unspecified atom stereocenters. The molecule has 5 heteroatoms. The lowest BCUT2D eigenvalue weighted by Crippen LogP contribution is -2.27. The zero-order valence-electron chi connectivity index (χ0n) is 10.5. The molecule has 0 bridgehead atoms. The third kappa shape index (κ3) is 3.20. The van der Waals surface area contributed by atoms with Crippen LogP contribution in [0.25, 0.3) is 0 Å². The number of rotatable bonds is 6. The smallest absolute Gasteiger partial charge is 0.308 e. The van der Waals surface area contributed by atoms with Gasteiger partial charge in [0.25, 0.3) is 0 Å². The van der Waals surface area contributed by atoms with Gasteiger partial charge < -0.3 is 15.6 Å². The Balaban J connectivity index is 2.96. The molecule has 0 aliphatic rings. The SMILES string of the molecule is CCOc1ccc(C(N)C(CC)C(=O)O)cc1F. The lowest BCUT2D eigenvalue weighted by molar-refractivity contribution is -0.142. The summed E-state index contributed by atoms with van der Waals surface area (Å²) in [4.78, 5) is 11.0. The molecule has 2 atom stereocenters. The zero-order valence-corrected chi connectivity index (χ0v) is 10.5. The maximum Gasteiger partial charge on any atom is 0.308 e. The fraction of sp³-hybridized carbons (Fsp3) is 0.462. The van der Waals surface area contributed by atoms with Crippen LogP contribution in [-0.4, -0.2) is 17.7 Å².